The van der Waals surface area contributed by atoms with Gasteiger partial charge >= 0.3 is 0 Å². The van der Waals surface area contributed by atoms with Gasteiger partial charge < -0.3 is 10.2 Å². The zero-order chi connectivity index (χ0) is 25.5. The van der Waals surface area contributed by atoms with Crippen LogP contribution in [0.25, 0.3) is 0 Å². The van der Waals surface area contributed by atoms with Crippen molar-refractivity contribution in [2.75, 3.05) is 24.2 Å². The predicted octanol–water partition coefficient (Wildman–Crippen LogP) is 3.72. The van der Waals surface area contributed by atoms with Crippen molar-refractivity contribution in [3.63, 3.8) is 0 Å². The molecule has 0 aliphatic carbocycles. The number of nitrogens with one attached hydrogen (secondary N) is 1. The standard InChI is InChI=1S/C23H28ClF2N3O4S/c1-4-21(23(31)27-2)28(15-16-8-5-6-9-18(16)24)22(30)10-7-13-29(34(3,32)33)17-11-12-19(25)20(26)14-17/h5-6,8-9,11-12,14,21H,4,7,10,13,15H2,1-3H3,(H,27,31)/t21-/m1/s1. The van der Waals surface area contributed by atoms with E-state index in [1.165, 1.54) is 11.9 Å². The lowest BCUT2D eigenvalue weighted by molar-refractivity contribution is -0.141. The van der Waals surface area contributed by atoms with Crippen LogP contribution in [0.4, 0.5) is 14.5 Å². The van der Waals surface area contributed by atoms with Gasteiger partial charge in [0.25, 0.3) is 0 Å². The number of hydrogen-bond donors (Lipinski definition) is 1. The summed E-state index contributed by atoms with van der Waals surface area (Å²) in [6, 6.07) is 9.02. The molecule has 11 heteroatoms. The monoisotopic (exact) mass is 515 g/mol. The minimum atomic E-state index is -3.82. The predicted molar refractivity (Wildman–Crippen MR) is 128 cm³/mol. The molecule has 0 aromatic heterocycles. The average molecular weight is 516 g/mol. The third-order valence-corrected chi connectivity index (χ3v) is 6.84. The molecule has 0 radical (unpaired) electrons. The minimum Gasteiger partial charge on any atom is -0.357 e. The van der Waals surface area contributed by atoms with Crippen LogP contribution in [0.1, 0.15) is 31.7 Å². The van der Waals surface area contributed by atoms with E-state index in [0.29, 0.717) is 17.0 Å². The molecule has 0 heterocycles. The van der Waals surface area contributed by atoms with E-state index in [4.69, 9.17) is 11.6 Å². The van der Waals surface area contributed by atoms with E-state index < -0.39 is 27.7 Å². The number of carbonyl (C=O) groups is 2. The molecule has 34 heavy (non-hydrogen) atoms. The molecule has 2 aromatic carbocycles. The van der Waals surface area contributed by atoms with Crippen LogP contribution < -0.4 is 9.62 Å². The summed E-state index contributed by atoms with van der Waals surface area (Å²) in [7, 11) is -2.34. The molecule has 2 aromatic rings. The zero-order valence-electron chi connectivity index (χ0n) is 19.2. The fourth-order valence-electron chi connectivity index (χ4n) is 3.54. The molecule has 0 saturated heterocycles. The van der Waals surface area contributed by atoms with Gasteiger partial charge in [0.05, 0.1) is 11.9 Å². The van der Waals surface area contributed by atoms with E-state index in [1.54, 1.807) is 31.2 Å². The fraction of sp³-hybridized carbons (Fsp3) is 0.391. The highest BCUT2D eigenvalue weighted by Gasteiger charge is 2.28. The van der Waals surface area contributed by atoms with Crippen molar-refractivity contribution >= 4 is 39.1 Å². The number of carbonyl (C=O) groups excluding carboxylic acids is 2. The van der Waals surface area contributed by atoms with Crippen molar-refractivity contribution in [3.05, 3.63) is 64.7 Å². The minimum absolute atomic E-state index is 0.0430. The number of amides is 2. The van der Waals surface area contributed by atoms with E-state index in [0.717, 1.165) is 28.8 Å². The number of nitrogens with zero attached hydrogens (tertiary/aromatic N) is 2. The molecule has 0 fully saturated rings. The van der Waals surface area contributed by atoms with E-state index in [9.17, 15) is 26.8 Å². The summed E-state index contributed by atoms with van der Waals surface area (Å²) in [5.74, 6) is -2.97. The summed E-state index contributed by atoms with van der Waals surface area (Å²) in [5, 5.41) is 3.01. The number of rotatable bonds is 11. The van der Waals surface area contributed by atoms with Crippen molar-refractivity contribution in [2.24, 2.45) is 0 Å². The average Bonchev–Trinajstić information content (AvgIpc) is 2.78. The van der Waals surface area contributed by atoms with Gasteiger partial charge in [0.15, 0.2) is 11.6 Å². The van der Waals surface area contributed by atoms with Crippen molar-refractivity contribution < 1.29 is 26.8 Å². The van der Waals surface area contributed by atoms with Crippen LogP contribution in [-0.4, -0.2) is 51.0 Å². The number of anilines is 1. The van der Waals surface area contributed by atoms with Gasteiger partial charge in [-0.3, -0.25) is 13.9 Å². The second-order valence-corrected chi connectivity index (χ2v) is 10.0. The van der Waals surface area contributed by atoms with Crippen LogP contribution in [0.3, 0.4) is 0 Å². The Bertz CT molecular complexity index is 1130. The lowest BCUT2D eigenvalue weighted by atomic mass is 10.1. The first kappa shape index (κ1) is 27.5. The van der Waals surface area contributed by atoms with Crippen molar-refractivity contribution in [1.82, 2.24) is 10.2 Å². The maximum atomic E-state index is 13.7. The molecular weight excluding hydrogens is 488 g/mol. The van der Waals surface area contributed by atoms with Crippen LogP contribution in [0.5, 0.6) is 0 Å². The Kier molecular flexibility index (Phi) is 9.81. The van der Waals surface area contributed by atoms with Gasteiger partial charge in [-0.15, -0.1) is 0 Å². The Morgan fingerprint density at radius 3 is 2.35 bits per heavy atom. The van der Waals surface area contributed by atoms with Crippen molar-refractivity contribution in [1.29, 1.82) is 0 Å². The first-order valence-electron chi connectivity index (χ1n) is 10.7. The zero-order valence-corrected chi connectivity index (χ0v) is 20.8. The van der Waals surface area contributed by atoms with Crippen LogP contribution in [0.2, 0.25) is 5.02 Å². The van der Waals surface area contributed by atoms with E-state index in [1.807, 2.05) is 0 Å². The number of hydrogen-bond acceptors (Lipinski definition) is 4. The van der Waals surface area contributed by atoms with Gasteiger partial charge in [0, 0.05) is 37.6 Å². The highest BCUT2D eigenvalue weighted by atomic mass is 35.5. The quantitative estimate of drug-likeness (QED) is 0.494. The lowest BCUT2D eigenvalue weighted by Gasteiger charge is -2.31. The van der Waals surface area contributed by atoms with Crippen LogP contribution in [0, 0.1) is 11.6 Å². The summed E-state index contributed by atoms with van der Waals surface area (Å²) in [4.78, 5) is 27.0. The van der Waals surface area contributed by atoms with Crippen molar-refractivity contribution in [2.45, 2.75) is 38.8 Å². The molecule has 7 nitrogen and oxygen atoms in total. The Hall–Kier alpha value is -2.72. The normalized spacial score (nSPS) is 12.2. The molecule has 2 amide bonds. The number of halogens is 3. The summed E-state index contributed by atoms with van der Waals surface area (Å²) in [6.45, 7) is 1.75. The second-order valence-electron chi connectivity index (χ2n) is 7.69. The van der Waals surface area contributed by atoms with Gasteiger partial charge in [-0.25, -0.2) is 17.2 Å². The van der Waals surface area contributed by atoms with Gasteiger partial charge in [0.2, 0.25) is 21.8 Å². The molecule has 1 atom stereocenters. The molecule has 186 valence electrons. The molecule has 0 aliphatic heterocycles. The molecule has 2 rings (SSSR count). The topological polar surface area (TPSA) is 86.8 Å². The Morgan fingerprint density at radius 1 is 1.12 bits per heavy atom. The van der Waals surface area contributed by atoms with Crippen LogP contribution >= 0.6 is 11.6 Å². The van der Waals surface area contributed by atoms with Gasteiger partial charge in [-0.05, 0) is 36.6 Å². The van der Waals surface area contributed by atoms with E-state index in [2.05, 4.69) is 5.32 Å². The first-order valence-corrected chi connectivity index (χ1v) is 12.9. The third-order valence-electron chi connectivity index (χ3n) is 5.27. The maximum Gasteiger partial charge on any atom is 0.242 e. The molecule has 0 spiro atoms. The van der Waals surface area contributed by atoms with Gasteiger partial charge in [-0.2, -0.15) is 0 Å². The molecule has 0 aliphatic rings. The summed E-state index contributed by atoms with van der Waals surface area (Å²) in [6.07, 6.45) is 1.32. The Labute approximate surface area is 203 Å². The van der Waals surface area contributed by atoms with Crippen LogP contribution in [0.15, 0.2) is 42.5 Å². The Balaban J connectivity index is 2.21. The maximum absolute atomic E-state index is 13.7. The van der Waals surface area contributed by atoms with Gasteiger partial charge in [0.1, 0.15) is 6.04 Å². The molecule has 0 saturated carbocycles. The third kappa shape index (κ3) is 7.14. The van der Waals surface area contributed by atoms with Crippen LogP contribution in [-0.2, 0) is 26.2 Å². The van der Waals surface area contributed by atoms with E-state index in [-0.39, 0.29) is 43.4 Å². The SMILES string of the molecule is CC[C@H](C(=O)NC)N(Cc1ccccc1Cl)C(=O)CCCN(c1ccc(F)c(F)c1)S(C)(=O)=O. The highest BCUT2D eigenvalue weighted by molar-refractivity contribution is 7.92. The van der Waals surface area contributed by atoms with E-state index >= 15 is 0 Å². The lowest BCUT2D eigenvalue weighted by Crippen LogP contribution is -2.48. The fourth-order valence-corrected chi connectivity index (χ4v) is 4.69. The number of likely N-dealkylation sites (N-methyl/N-ethyl adjacent to an activating group) is 1. The second kappa shape index (κ2) is 12.1. The largest absolute Gasteiger partial charge is 0.357 e. The smallest absolute Gasteiger partial charge is 0.242 e. The molecular formula is C23H28ClF2N3O4S. The summed E-state index contributed by atoms with van der Waals surface area (Å²) < 4.78 is 52.3. The number of benzene rings is 2. The first-order chi connectivity index (χ1) is 16.0. The summed E-state index contributed by atoms with van der Waals surface area (Å²) >= 11 is 6.25. The molecule has 0 unspecified atom stereocenters. The summed E-state index contributed by atoms with van der Waals surface area (Å²) in [5.41, 5.74) is 0.623. The van der Waals surface area contributed by atoms with Crippen molar-refractivity contribution in [3.8, 4) is 0 Å². The Morgan fingerprint density at radius 2 is 1.79 bits per heavy atom. The highest BCUT2D eigenvalue weighted by Crippen LogP contribution is 2.23. The number of sulfonamides is 1. The molecule has 0 bridgehead atoms. The van der Waals surface area contributed by atoms with Gasteiger partial charge in [-0.1, -0.05) is 36.7 Å². The molecule has 1 N–H and O–H groups in total.